The highest BCUT2D eigenvalue weighted by Crippen LogP contribution is 2.43. The Morgan fingerprint density at radius 1 is 1.38 bits per heavy atom. The Bertz CT molecular complexity index is 945. The molecule has 0 atom stereocenters. The van der Waals surface area contributed by atoms with Gasteiger partial charge in [-0.25, -0.2) is 4.79 Å². The van der Waals surface area contributed by atoms with Crippen LogP contribution in [0, 0.1) is 0 Å². The van der Waals surface area contributed by atoms with Crippen molar-refractivity contribution in [3.8, 4) is 5.75 Å². The summed E-state index contributed by atoms with van der Waals surface area (Å²) in [5, 5.41) is 13.6. The molecule has 0 radical (unpaired) electrons. The smallest absolute Gasteiger partial charge is 0.339 e. The molecule has 8 nitrogen and oxygen atoms in total. The quantitative estimate of drug-likeness (QED) is 0.765. The predicted octanol–water partition coefficient (Wildman–Crippen LogP) is 2.58. The van der Waals surface area contributed by atoms with Crippen LogP contribution in [-0.4, -0.2) is 35.4 Å². The maximum Gasteiger partial charge on any atom is 0.339 e. The standard InChI is InChI=1S/C17H21N3O5S/c1-10(2)25-15-12(17(21)22)5-4-6-14(15)19-26(23,24)16-13(11-7-8-11)9-18-20(16)3/h4-6,9-11,19H,7-8H2,1-3H3,(H,21,22). The Kier molecular flexibility index (Phi) is 4.66. The molecule has 0 spiro atoms. The Labute approximate surface area is 151 Å². The molecule has 3 rings (SSSR count). The van der Waals surface area contributed by atoms with Crippen molar-refractivity contribution in [2.75, 3.05) is 4.72 Å². The number of carboxylic acid groups (broad SMARTS) is 1. The second kappa shape index (κ2) is 6.64. The molecule has 1 aromatic carbocycles. The first-order valence-electron chi connectivity index (χ1n) is 8.28. The summed E-state index contributed by atoms with van der Waals surface area (Å²) in [6.07, 6.45) is 3.12. The molecule has 0 aliphatic heterocycles. The van der Waals surface area contributed by atoms with Crippen LogP contribution in [0.15, 0.2) is 29.4 Å². The largest absolute Gasteiger partial charge is 0.488 e. The van der Waals surface area contributed by atoms with Gasteiger partial charge in [-0.1, -0.05) is 6.07 Å². The lowest BCUT2D eigenvalue weighted by Gasteiger charge is -2.18. The molecule has 1 aliphatic rings. The van der Waals surface area contributed by atoms with Crippen molar-refractivity contribution >= 4 is 21.7 Å². The van der Waals surface area contributed by atoms with E-state index in [0.29, 0.717) is 5.56 Å². The number of para-hydroxylation sites is 1. The van der Waals surface area contributed by atoms with Crippen LogP contribution in [-0.2, 0) is 17.1 Å². The number of ether oxygens (including phenoxy) is 1. The SMILES string of the molecule is CC(C)Oc1c(NS(=O)(=O)c2c(C3CC3)cnn2C)cccc1C(=O)O. The molecule has 9 heteroatoms. The molecular formula is C17H21N3O5S. The van der Waals surface area contributed by atoms with Gasteiger partial charge in [0.15, 0.2) is 10.8 Å². The van der Waals surface area contributed by atoms with Crippen LogP contribution in [0.1, 0.15) is 48.5 Å². The first kappa shape index (κ1) is 18.2. The van der Waals surface area contributed by atoms with Crippen LogP contribution in [0.4, 0.5) is 5.69 Å². The highest BCUT2D eigenvalue weighted by Gasteiger charge is 2.34. The van der Waals surface area contributed by atoms with Gasteiger partial charge in [0.1, 0.15) is 5.56 Å². The van der Waals surface area contributed by atoms with Crippen molar-refractivity contribution in [1.29, 1.82) is 0 Å². The predicted molar refractivity (Wildman–Crippen MR) is 95.2 cm³/mol. The molecule has 1 fully saturated rings. The van der Waals surface area contributed by atoms with Gasteiger partial charge in [0.25, 0.3) is 10.0 Å². The molecule has 2 aromatic rings. The minimum absolute atomic E-state index is 0.00582. The molecule has 0 bridgehead atoms. The number of hydrogen-bond donors (Lipinski definition) is 2. The zero-order chi connectivity index (χ0) is 19.1. The zero-order valence-electron chi connectivity index (χ0n) is 14.8. The lowest BCUT2D eigenvalue weighted by Crippen LogP contribution is -2.20. The van der Waals surface area contributed by atoms with Crippen LogP contribution in [0.25, 0.3) is 0 Å². The number of nitrogens with one attached hydrogen (secondary N) is 1. The summed E-state index contributed by atoms with van der Waals surface area (Å²) in [7, 11) is -2.39. The van der Waals surface area contributed by atoms with E-state index in [0.717, 1.165) is 12.8 Å². The lowest BCUT2D eigenvalue weighted by molar-refractivity contribution is 0.0690. The number of anilines is 1. The molecule has 2 N–H and O–H groups in total. The van der Waals surface area contributed by atoms with Crippen LogP contribution in [0.2, 0.25) is 0 Å². The summed E-state index contributed by atoms with van der Waals surface area (Å²) < 4.78 is 35.3. The summed E-state index contributed by atoms with van der Waals surface area (Å²) in [5.74, 6) is -0.998. The van der Waals surface area contributed by atoms with Gasteiger partial charge in [0.05, 0.1) is 18.0 Å². The van der Waals surface area contributed by atoms with Crippen molar-refractivity contribution in [1.82, 2.24) is 9.78 Å². The molecule has 0 unspecified atom stereocenters. The third-order valence-corrected chi connectivity index (χ3v) is 5.52. The average Bonchev–Trinajstić information content (AvgIpc) is 3.30. The minimum Gasteiger partial charge on any atom is -0.488 e. The van der Waals surface area contributed by atoms with Crippen LogP contribution in [0.5, 0.6) is 5.75 Å². The molecule has 0 saturated heterocycles. The number of aromatic nitrogens is 2. The fraction of sp³-hybridized carbons (Fsp3) is 0.412. The third-order valence-electron chi connectivity index (χ3n) is 4.03. The van der Waals surface area contributed by atoms with E-state index in [1.54, 1.807) is 27.1 Å². The first-order valence-corrected chi connectivity index (χ1v) is 9.76. The highest BCUT2D eigenvalue weighted by atomic mass is 32.2. The van der Waals surface area contributed by atoms with Gasteiger partial charge in [-0.3, -0.25) is 9.40 Å². The lowest BCUT2D eigenvalue weighted by atomic mass is 10.1. The van der Waals surface area contributed by atoms with Crippen LogP contribution in [0.3, 0.4) is 0 Å². The Balaban J connectivity index is 2.04. The number of hydrogen-bond acceptors (Lipinski definition) is 5. The third kappa shape index (κ3) is 3.52. The average molecular weight is 379 g/mol. The van der Waals surface area contributed by atoms with E-state index in [4.69, 9.17) is 4.74 Å². The van der Waals surface area contributed by atoms with Gasteiger partial charge in [-0.15, -0.1) is 0 Å². The number of benzene rings is 1. The summed E-state index contributed by atoms with van der Waals surface area (Å²) in [6.45, 7) is 3.48. The van der Waals surface area contributed by atoms with Gasteiger partial charge in [-0.2, -0.15) is 13.5 Å². The molecule has 1 heterocycles. The van der Waals surface area contributed by atoms with E-state index in [1.165, 1.54) is 22.9 Å². The summed E-state index contributed by atoms with van der Waals surface area (Å²) in [6, 6.07) is 4.33. The van der Waals surface area contributed by atoms with Crippen molar-refractivity contribution in [2.45, 2.75) is 43.7 Å². The maximum absolute atomic E-state index is 13.0. The maximum atomic E-state index is 13.0. The number of carboxylic acids is 1. The molecule has 1 aromatic heterocycles. The normalized spacial score (nSPS) is 14.5. The van der Waals surface area contributed by atoms with E-state index in [2.05, 4.69) is 9.82 Å². The second-order valence-electron chi connectivity index (χ2n) is 6.56. The Morgan fingerprint density at radius 3 is 2.65 bits per heavy atom. The van der Waals surface area contributed by atoms with Crippen molar-refractivity contribution in [3.05, 3.63) is 35.5 Å². The Hall–Kier alpha value is -2.55. The van der Waals surface area contributed by atoms with E-state index < -0.39 is 16.0 Å². The van der Waals surface area contributed by atoms with E-state index in [-0.39, 0.29) is 34.0 Å². The van der Waals surface area contributed by atoms with E-state index in [1.807, 2.05) is 0 Å². The summed E-state index contributed by atoms with van der Waals surface area (Å²) in [5.41, 5.74) is 0.661. The van der Waals surface area contributed by atoms with Gasteiger partial charge < -0.3 is 9.84 Å². The van der Waals surface area contributed by atoms with Gasteiger partial charge in [-0.05, 0) is 44.7 Å². The molecule has 0 amide bonds. The molecule has 1 saturated carbocycles. The highest BCUT2D eigenvalue weighted by molar-refractivity contribution is 7.92. The number of aromatic carboxylic acids is 1. The van der Waals surface area contributed by atoms with Gasteiger partial charge in [0, 0.05) is 12.6 Å². The number of rotatable bonds is 7. The Morgan fingerprint density at radius 2 is 2.08 bits per heavy atom. The fourth-order valence-corrected chi connectivity index (χ4v) is 4.26. The zero-order valence-corrected chi connectivity index (χ0v) is 15.6. The molecule has 26 heavy (non-hydrogen) atoms. The minimum atomic E-state index is -3.96. The topological polar surface area (TPSA) is 111 Å². The second-order valence-corrected chi connectivity index (χ2v) is 8.16. The molecular weight excluding hydrogens is 358 g/mol. The monoisotopic (exact) mass is 379 g/mol. The van der Waals surface area contributed by atoms with Crippen molar-refractivity contribution < 1.29 is 23.1 Å². The van der Waals surface area contributed by atoms with Crippen LogP contribution >= 0.6 is 0 Å². The summed E-state index contributed by atoms with van der Waals surface area (Å²) in [4.78, 5) is 11.5. The number of aryl methyl sites for hydroxylation is 1. The van der Waals surface area contributed by atoms with E-state index in [9.17, 15) is 18.3 Å². The molecule has 1 aliphatic carbocycles. The van der Waals surface area contributed by atoms with Gasteiger partial charge >= 0.3 is 5.97 Å². The fourth-order valence-electron chi connectivity index (χ4n) is 2.79. The molecule has 140 valence electrons. The van der Waals surface area contributed by atoms with Crippen molar-refractivity contribution in [2.24, 2.45) is 7.05 Å². The summed E-state index contributed by atoms with van der Waals surface area (Å²) >= 11 is 0. The van der Waals surface area contributed by atoms with Crippen molar-refractivity contribution in [3.63, 3.8) is 0 Å². The van der Waals surface area contributed by atoms with Gasteiger partial charge in [0.2, 0.25) is 0 Å². The van der Waals surface area contributed by atoms with Crippen LogP contribution < -0.4 is 9.46 Å². The number of carbonyl (C=O) groups is 1. The first-order chi connectivity index (χ1) is 12.2. The number of nitrogens with zero attached hydrogens (tertiary/aromatic N) is 2. The number of sulfonamides is 1. The van der Waals surface area contributed by atoms with E-state index >= 15 is 0 Å².